The van der Waals surface area contributed by atoms with Crippen molar-refractivity contribution in [3.63, 3.8) is 0 Å². The molecule has 1 amide bonds. The summed E-state index contributed by atoms with van der Waals surface area (Å²) in [6, 6.07) is 9.38. The fraction of sp³-hybridized carbons (Fsp3) is 0.316. The van der Waals surface area contributed by atoms with Gasteiger partial charge in [-0.05, 0) is 36.4 Å². The largest absolute Gasteiger partial charge is 0.418 e. The molecule has 1 N–H and O–H groups in total. The molecular weight excluding hydrogens is 431 g/mol. The molecule has 0 spiro atoms. The maximum absolute atomic E-state index is 13.0. The van der Waals surface area contributed by atoms with Gasteiger partial charge in [-0.2, -0.15) is 22.0 Å². The average Bonchev–Trinajstić information content (AvgIpc) is 2.67. The van der Waals surface area contributed by atoms with Crippen molar-refractivity contribution in [3.8, 4) is 0 Å². The minimum atomic E-state index is -4.70. The van der Waals surface area contributed by atoms with Crippen LogP contribution in [-0.4, -0.2) is 38.1 Å². The number of rotatable bonds is 8. The van der Waals surface area contributed by atoms with Crippen LogP contribution in [0.5, 0.6) is 0 Å². The summed E-state index contributed by atoms with van der Waals surface area (Å²) in [7, 11) is -4.70. The van der Waals surface area contributed by atoms with Gasteiger partial charge in [-0.15, -0.1) is 0 Å². The zero-order valence-electron chi connectivity index (χ0n) is 15.8. The van der Waals surface area contributed by atoms with Crippen molar-refractivity contribution < 1.29 is 35.2 Å². The summed E-state index contributed by atoms with van der Waals surface area (Å²) < 4.78 is 87.1. The first-order chi connectivity index (χ1) is 13.9. The van der Waals surface area contributed by atoms with E-state index in [1.54, 1.807) is 11.8 Å². The molecule has 11 heteroatoms. The van der Waals surface area contributed by atoms with Crippen molar-refractivity contribution in [2.45, 2.75) is 30.3 Å². The van der Waals surface area contributed by atoms with E-state index in [9.17, 15) is 35.2 Å². The van der Waals surface area contributed by atoms with Gasteiger partial charge in [-0.25, -0.2) is 8.42 Å². The highest BCUT2D eigenvalue weighted by molar-refractivity contribution is 7.91. The Morgan fingerprint density at radius 1 is 1.07 bits per heavy atom. The van der Waals surface area contributed by atoms with Crippen LogP contribution in [0.1, 0.15) is 18.1 Å². The van der Waals surface area contributed by atoms with Crippen LogP contribution in [0.25, 0.3) is 0 Å². The first-order valence-corrected chi connectivity index (χ1v) is 10.3. The number of sulfone groups is 1. The Hall–Kier alpha value is -2.53. The van der Waals surface area contributed by atoms with E-state index in [2.05, 4.69) is 5.32 Å². The third-order valence-corrected chi connectivity index (χ3v) is 5.61. The van der Waals surface area contributed by atoms with Crippen molar-refractivity contribution in [2.24, 2.45) is 0 Å². The summed E-state index contributed by atoms with van der Waals surface area (Å²) in [5, 5.41) is 2.25. The van der Waals surface area contributed by atoms with Gasteiger partial charge >= 0.3 is 11.9 Å². The molecule has 0 radical (unpaired) electrons. The fourth-order valence-corrected chi connectivity index (χ4v) is 3.38. The molecule has 0 saturated heterocycles. The molecule has 2 rings (SSSR count). The molecule has 0 unspecified atom stereocenters. The molecule has 2 aromatic rings. The zero-order chi connectivity index (χ0) is 22.5. The Bertz CT molecular complexity index is 976. The van der Waals surface area contributed by atoms with Crippen LogP contribution in [-0.2, 0) is 27.4 Å². The van der Waals surface area contributed by atoms with Gasteiger partial charge in [0.1, 0.15) is 0 Å². The number of hydrogen-bond donors (Lipinski definition) is 1. The number of carbonyl (C=O) groups is 1. The maximum Gasteiger partial charge on any atom is 0.418 e. The topological polar surface area (TPSA) is 66.5 Å². The van der Waals surface area contributed by atoms with Crippen molar-refractivity contribution >= 4 is 21.4 Å². The van der Waals surface area contributed by atoms with Gasteiger partial charge in [-0.1, -0.05) is 31.2 Å². The average molecular weight is 450 g/mol. The highest BCUT2D eigenvalue weighted by atomic mass is 32.2. The number of amides is 1. The van der Waals surface area contributed by atoms with Crippen molar-refractivity contribution in [2.75, 3.05) is 18.4 Å². The van der Waals surface area contributed by atoms with Gasteiger partial charge in [0.15, 0.2) is 0 Å². The van der Waals surface area contributed by atoms with E-state index in [4.69, 9.17) is 0 Å². The first kappa shape index (κ1) is 23.7. The molecule has 0 saturated carbocycles. The number of halogens is 5. The molecule has 0 aliphatic rings. The van der Waals surface area contributed by atoms with Crippen LogP contribution in [0.2, 0.25) is 0 Å². The maximum atomic E-state index is 13.0. The summed E-state index contributed by atoms with van der Waals surface area (Å²) in [6.07, 6.45) is -4.62. The van der Waals surface area contributed by atoms with Crippen LogP contribution in [0.3, 0.4) is 0 Å². The molecule has 164 valence electrons. The van der Waals surface area contributed by atoms with E-state index in [1.807, 2.05) is 0 Å². The SMILES string of the molecule is CCN(CC(=O)Nc1ccccc1C(F)(F)F)Cc1ccc(S(=O)(=O)C(F)F)cc1. The van der Waals surface area contributed by atoms with Gasteiger partial charge in [0, 0.05) is 6.54 Å². The lowest BCUT2D eigenvalue weighted by molar-refractivity contribution is -0.137. The normalized spacial score (nSPS) is 12.4. The van der Waals surface area contributed by atoms with E-state index in [0.717, 1.165) is 24.3 Å². The van der Waals surface area contributed by atoms with Gasteiger partial charge < -0.3 is 5.32 Å². The molecule has 0 aliphatic carbocycles. The number of benzene rings is 2. The fourth-order valence-electron chi connectivity index (χ4n) is 2.66. The Kier molecular flexibility index (Phi) is 7.54. The minimum absolute atomic E-state index is 0.167. The smallest absolute Gasteiger partial charge is 0.324 e. The molecule has 2 aromatic carbocycles. The molecule has 0 aromatic heterocycles. The van der Waals surface area contributed by atoms with E-state index in [1.165, 1.54) is 24.3 Å². The summed E-state index contributed by atoms with van der Waals surface area (Å²) in [5.74, 6) is -4.19. The molecule has 0 bridgehead atoms. The lowest BCUT2D eigenvalue weighted by Gasteiger charge is -2.21. The summed E-state index contributed by atoms with van der Waals surface area (Å²) >= 11 is 0. The summed E-state index contributed by atoms with van der Waals surface area (Å²) in [5.41, 5.74) is -0.765. The predicted molar refractivity (Wildman–Crippen MR) is 101 cm³/mol. The molecule has 5 nitrogen and oxygen atoms in total. The predicted octanol–water partition coefficient (Wildman–Crippen LogP) is 4.16. The molecule has 30 heavy (non-hydrogen) atoms. The first-order valence-electron chi connectivity index (χ1n) is 8.74. The summed E-state index contributed by atoms with van der Waals surface area (Å²) in [6.45, 7) is 2.04. The highest BCUT2D eigenvalue weighted by Crippen LogP contribution is 2.34. The van der Waals surface area contributed by atoms with Crippen molar-refractivity contribution in [1.29, 1.82) is 0 Å². The van der Waals surface area contributed by atoms with E-state index in [-0.39, 0.29) is 18.8 Å². The second-order valence-corrected chi connectivity index (χ2v) is 8.26. The molecule has 0 atom stereocenters. The van der Waals surface area contributed by atoms with Gasteiger partial charge in [0.25, 0.3) is 0 Å². The van der Waals surface area contributed by atoms with E-state index in [0.29, 0.717) is 12.1 Å². The number of anilines is 1. The molecule has 0 fully saturated rings. The Morgan fingerprint density at radius 2 is 1.67 bits per heavy atom. The summed E-state index contributed by atoms with van der Waals surface area (Å²) in [4.78, 5) is 13.3. The Morgan fingerprint density at radius 3 is 2.20 bits per heavy atom. The van der Waals surface area contributed by atoms with Crippen LogP contribution in [0, 0.1) is 0 Å². The van der Waals surface area contributed by atoms with Crippen LogP contribution in [0.4, 0.5) is 27.6 Å². The molecule has 0 aliphatic heterocycles. The number of hydrogen-bond acceptors (Lipinski definition) is 4. The van der Waals surface area contributed by atoms with Gasteiger partial charge in [-0.3, -0.25) is 9.69 Å². The Balaban J connectivity index is 2.05. The monoisotopic (exact) mass is 450 g/mol. The number of carbonyl (C=O) groups excluding carboxylic acids is 1. The van der Waals surface area contributed by atoms with E-state index < -0.39 is 38.1 Å². The van der Waals surface area contributed by atoms with Crippen molar-refractivity contribution in [1.82, 2.24) is 4.90 Å². The molecular formula is C19H19F5N2O3S. The number of alkyl halides is 5. The zero-order valence-corrected chi connectivity index (χ0v) is 16.6. The van der Waals surface area contributed by atoms with Gasteiger partial charge in [0.2, 0.25) is 15.7 Å². The quantitative estimate of drug-likeness (QED) is 0.614. The second kappa shape index (κ2) is 9.52. The third-order valence-electron chi connectivity index (χ3n) is 4.21. The number of likely N-dealkylation sites (N-methyl/N-ethyl adjacent to an activating group) is 1. The van der Waals surface area contributed by atoms with Crippen molar-refractivity contribution in [3.05, 3.63) is 59.7 Å². The number of nitrogens with zero attached hydrogens (tertiary/aromatic N) is 1. The lowest BCUT2D eigenvalue weighted by Crippen LogP contribution is -2.33. The number of para-hydroxylation sites is 1. The van der Waals surface area contributed by atoms with E-state index >= 15 is 0 Å². The third kappa shape index (κ3) is 5.99. The lowest BCUT2D eigenvalue weighted by atomic mass is 10.1. The minimum Gasteiger partial charge on any atom is -0.324 e. The highest BCUT2D eigenvalue weighted by Gasteiger charge is 2.33. The van der Waals surface area contributed by atoms with Gasteiger partial charge in [0.05, 0.1) is 22.7 Å². The standard InChI is InChI=1S/C19H19F5N2O3S/c1-2-26(11-13-7-9-14(10-8-13)30(28,29)18(20)21)12-17(27)25-16-6-4-3-5-15(16)19(22,23)24/h3-10,18H,2,11-12H2,1H3,(H,25,27). The van der Waals surface area contributed by atoms with Crippen LogP contribution >= 0.6 is 0 Å². The van der Waals surface area contributed by atoms with Crippen LogP contribution in [0.15, 0.2) is 53.4 Å². The second-order valence-electron chi connectivity index (χ2n) is 6.34. The Labute approximate surface area is 170 Å². The van der Waals surface area contributed by atoms with Crippen LogP contribution < -0.4 is 5.32 Å². The number of nitrogens with one attached hydrogen (secondary N) is 1. The molecule has 0 heterocycles.